The number of hydrogen-bond acceptors (Lipinski definition) is 5. The average molecular weight is 350 g/mol. The van der Waals surface area contributed by atoms with Crippen LogP contribution in [0.3, 0.4) is 0 Å². The number of ketones is 1. The number of aromatic nitrogens is 2. The molecule has 0 saturated carbocycles. The van der Waals surface area contributed by atoms with E-state index in [0.717, 1.165) is 0 Å². The van der Waals surface area contributed by atoms with Crippen LogP contribution in [0.5, 0.6) is 5.75 Å². The minimum Gasteiger partial charge on any atom is -0.496 e. The van der Waals surface area contributed by atoms with E-state index in [-0.39, 0.29) is 22.5 Å². The average Bonchev–Trinajstić information content (AvgIpc) is 3.05. The van der Waals surface area contributed by atoms with Crippen molar-refractivity contribution < 1.29 is 9.53 Å². The lowest BCUT2D eigenvalue weighted by Gasteiger charge is -2.16. The number of carbonyl (C=O) groups excluding carboxylic acids is 1. The molecular formula is C18H18N6O2. The van der Waals surface area contributed by atoms with Gasteiger partial charge in [0.05, 0.1) is 19.2 Å². The summed E-state index contributed by atoms with van der Waals surface area (Å²) in [5, 5.41) is 14.5. The molecule has 26 heavy (non-hydrogen) atoms. The molecule has 0 aliphatic rings. The zero-order chi connectivity index (χ0) is 19.3. The van der Waals surface area contributed by atoms with Crippen LogP contribution in [0, 0.1) is 13.1 Å². The fraction of sp³-hybridized carbons (Fsp3) is 0.333. The number of aromatic amines is 1. The molecule has 0 amide bonds. The van der Waals surface area contributed by atoms with Gasteiger partial charge in [-0.2, -0.15) is 5.10 Å². The van der Waals surface area contributed by atoms with E-state index < -0.39 is 11.9 Å². The van der Waals surface area contributed by atoms with Crippen molar-refractivity contribution >= 4 is 17.3 Å². The highest BCUT2D eigenvalue weighted by molar-refractivity contribution is 6.03. The van der Waals surface area contributed by atoms with Crippen LogP contribution in [0.4, 0.5) is 11.5 Å². The number of Topliss-reactive ketones (excluding diaryl/α,β-unsaturated/α-hetero) is 1. The van der Waals surface area contributed by atoms with Gasteiger partial charge in [-0.1, -0.05) is 38.0 Å². The van der Waals surface area contributed by atoms with E-state index in [4.69, 9.17) is 17.9 Å². The van der Waals surface area contributed by atoms with Crippen molar-refractivity contribution in [3.05, 3.63) is 58.4 Å². The zero-order valence-electron chi connectivity index (χ0n) is 14.9. The first-order valence-corrected chi connectivity index (χ1v) is 7.74. The lowest BCUT2D eigenvalue weighted by atomic mass is 9.91. The monoisotopic (exact) mass is 350 g/mol. The molecule has 1 N–H and O–H groups in total. The summed E-state index contributed by atoms with van der Waals surface area (Å²) in [6.45, 7) is 20.4. The van der Waals surface area contributed by atoms with Crippen LogP contribution < -0.4 is 4.74 Å². The number of hydrogen-bond donors (Lipinski definition) is 1. The number of ether oxygens (including phenoxy) is 1. The highest BCUT2D eigenvalue weighted by Crippen LogP contribution is 2.37. The van der Waals surface area contributed by atoms with Crippen LogP contribution in [0.2, 0.25) is 0 Å². The summed E-state index contributed by atoms with van der Waals surface area (Å²) in [7, 11) is 1.44. The van der Waals surface area contributed by atoms with Gasteiger partial charge in [0.25, 0.3) is 11.5 Å². The molecule has 0 bridgehead atoms. The van der Waals surface area contributed by atoms with Crippen molar-refractivity contribution in [2.24, 2.45) is 10.2 Å². The van der Waals surface area contributed by atoms with E-state index in [1.165, 1.54) is 7.11 Å². The number of carbonyl (C=O) groups is 1. The van der Waals surface area contributed by atoms with Crippen molar-refractivity contribution in [2.45, 2.75) is 32.4 Å². The summed E-state index contributed by atoms with van der Waals surface area (Å²) in [6, 6.07) is 6.59. The Hall–Kier alpha value is -3.52. The van der Waals surface area contributed by atoms with Gasteiger partial charge in [-0.15, -0.1) is 5.11 Å². The lowest BCUT2D eigenvalue weighted by Crippen LogP contribution is -2.15. The van der Waals surface area contributed by atoms with Crippen molar-refractivity contribution in [2.75, 3.05) is 7.11 Å². The number of para-hydroxylation sites is 1. The number of nitrogens with one attached hydrogen (secondary N) is 1. The van der Waals surface area contributed by atoms with E-state index in [1.54, 1.807) is 24.3 Å². The normalized spacial score (nSPS) is 12.4. The molecular weight excluding hydrogens is 332 g/mol. The number of azo groups is 1. The predicted octanol–water partition coefficient (Wildman–Crippen LogP) is 4.48. The molecule has 2 aromatic rings. The van der Waals surface area contributed by atoms with Gasteiger partial charge in [-0.25, -0.2) is 11.4 Å². The molecule has 1 aromatic heterocycles. The van der Waals surface area contributed by atoms with E-state index in [1.807, 2.05) is 20.8 Å². The summed E-state index contributed by atoms with van der Waals surface area (Å²) >= 11 is 0. The first-order chi connectivity index (χ1) is 12.3. The minimum absolute atomic E-state index is 0.0615. The molecule has 0 aliphatic carbocycles. The van der Waals surface area contributed by atoms with Crippen LogP contribution in [0.1, 0.15) is 36.8 Å². The molecule has 1 heterocycles. The topological polar surface area (TPSA) is 88.4 Å². The number of benzene rings is 1. The Morgan fingerprint density at radius 1 is 1.31 bits per heavy atom. The molecule has 0 radical (unpaired) electrons. The van der Waals surface area contributed by atoms with Crippen molar-refractivity contribution in [3.8, 4) is 5.75 Å². The van der Waals surface area contributed by atoms with E-state index in [9.17, 15) is 4.79 Å². The minimum atomic E-state index is -1.38. The van der Waals surface area contributed by atoms with Crippen molar-refractivity contribution in [3.63, 3.8) is 0 Å². The highest BCUT2D eigenvalue weighted by Gasteiger charge is 2.28. The Morgan fingerprint density at radius 3 is 2.58 bits per heavy atom. The largest absolute Gasteiger partial charge is 0.496 e. The maximum atomic E-state index is 12.6. The standard InChI is InChI=1S/C18H18N6O2/c1-18(2,3)15-13(19-4)16(22-21-15)23-24-17(20-5)14(25)11-9-7-8-10-12(11)26-6/h7-10,17H,1-3,6H3,(H,21,22). The zero-order valence-corrected chi connectivity index (χ0v) is 14.9. The number of rotatable bonds is 5. The second-order valence-corrected chi connectivity index (χ2v) is 6.42. The summed E-state index contributed by atoms with van der Waals surface area (Å²) < 4.78 is 5.15. The summed E-state index contributed by atoms with van der Waals surface area (Å²) in [5.41, 5.74) is 0.775. The Kier molecular flexibility index (Phi) is 5.48. The second kappa shape index (κ2) is 7.58. The summed E-state index contributed by atoms with van der Waals surface area (Å²) in [5.74, 6) is -0.110. The molecule has 1 unspecified atom stereocenters. The summed E-state index contributed by atoms with van der Waals surface area (Å²) in [6.07, 6.45) is -1.38. The second-order valence-electron chi connectivity index (χ2n) is 6.42. The van der Waals surface area contributed by atoms with Crippen LogP contribution in [-0.2, 0) is 5.41 Å². The van der Waals surface area contributed by atoms with Crippen molar-refractivity contribution in [1.82, 2.24) is 10.2 Å². The van der Waals surface area contributed by atoms with Gasteiger partial charge in [0.2, 0.25) is 5.82 Å². The third kappa shape index (κ3) is 3.76. The molecule has 0 aliphatic heterocycles. The van der Waals surface area contributed by atoms with Gasteiger partial charge in [0.15, 0.2) is 0 Å². The van der Waals surface area contributed by atoms with Gasteiger partial charge in [-0.3, -0.25) is 14.7 Å². The molecule has 0 fully saturated rings. The Balaban J connectivity index is 2.34. The van der Waals surface area contributed by atoms with E-state index in [2.05, 4.69) is 30.1 Å². The van der Waals surface area contributed by atoms with Gasteiger partial charge in [-0.05, 0) is 17.5 Å². The number of nitrogens with zero attached hydrogens (tertiary/aromatic N) is 5. The molecule has 1 atom stereocenters. The van der Waals surface area contributed by atoms with E-state index in [0.29, 0.717) is 11.4 Å². The molecule has 0 saturated heterocycles. The van der Waals surface area contributed by atoms with E-state index >= 15 is 0 Å². The molecule has 132 valence electrons. The quantitative estimate of drug-likeness (QED) is 0.490. The fourth-order valence-corrected chi connectivity index (χ4v) is 2.26. The maximum Gasteiger partial charge on any atom is 0.395 e. The third-order valence-electron chi connectivity index (χ3n) is 3.58. The molecule has 1 aromatic carbocycles. The van der Waals surface area contributed by atoms with Crippen LogP contribution in [0.25, 0.3) is 9.69 Å². The fourth-order valence-electron chi connectivity index (χ4n) is 2.26. The van der Waals surface area contributed by atoms with Gasteiger partial charge >= 0.3 is 6.17 Å². The number of methoxy groups -OCH3 is 1. The highest BCUT2D eigenvalue weighted by atomic mass is 16.5. The first-order valence-electron chi connectivity index (χ1n) is 7.74. The van der Waals surface area contributed by atoms with Gasteiger partial charge in [0, 0.05) is 5.69 Å². The molecule has 0 spiro atoms. The lowest BCUT2D eigenvalue weighted by molar-refractivity contribution is 0.0973. The Bertz CT molecular complexity index is 924. The summed E-state index contributed by atoms with van der Waals surface area (Å²) in [4.78, 5) is 19.2. The molecule has 8 nitrogen and oxygen atoms in total. The smallest absolute Gasteiger partial charge is 0.395 e. The van der Waals surface area contributed by atoms with Crippen LogP contribution in [0.15, 0.2) is 34.5 Å². The number of H-pyrrole nitrogens is 1. The SMILES string of the molecule is [C-]#[N+]c1c(N=NC([N+]#[C-])C(=O)c2ccccc2OC)n[nH]c1C(C)(C)C. The van der Waals surface area contributed by atoms with Crippen LogP contribution >= 0.6 is 0 Å². The van der Waals surface area contributed by atoms with Crippen molar-refractivity contribution in [1.29, 1.82) is 0 Å². The first kappa shape index (κ1) is 18.8. The molecule has 8 heteroatoms. The molecule has 2 rings (SSSR count). The Labute approximate surface area is 151 Å². The maximum absolute atomic E-state index is 12.6. The van der Waals surface area contributed by atoms with Gasteiger partial charge < -0.3 is 4.74 Å². The van der Waals surface area contributed by atoms with Crippen LogP contribution in [-0.4, -0.2) is 29.3 Å². The van der Waals surface area contributed by atoms with Gasteiger partial charge in [0.1, 0.15) is 5.75 Å². The third-order valence-corrected chi connectivity index (χ3v) is 3.58. The predicted molar refractivity (Wildman–Crippen MR) is 95.8 cm³/mol. The Morgan fingerprint density at radius 2 is 2.00 bits per heavy atom.